The third-order valence-electron chi connectivity index (χ3n) is 9.89. The zero-order valence-corrected chi connectivity index (χ0v) is 37.5. The van der Waals surface area contributed by atoms with E-state index in [0.717, 1.165) is 32.9 Å². The van der Waals surface area contributed by atoms with Crippen LogP contribution in [0.2, 0.25) is 0 Å². The summed E-state index contributed by atoms with van der Waals surface area (Å²) in [5.74, 6) is 0.0925. The molecule has 0 radical (unpaired) electrons. The molecule has 0 fully saturated rings. The van der Waals surface area contributed by atoms with Crippen LogP contribution >= 0.6 is 35.2 Å². The van der Waals surface area contributed by atoms with Crippen LogP contribution in [0.4, 0.5) is 0 Å². The average molecular weight is 937 g/mol. The van der Waals surface area contributed by atoms with Crippen molar-refractivity contribution in [3.8, 4) is 0 Å². The summed E-state index contributed by atoms with van der Waals surface area (Å²) >= 11 is -0.346. The number of carbonyl (C=O) groups is 1. The Morgan fingerprint density at radius 1 is 0.373 bits per heavy atom. The molecule has 4 N–H and O–H groups in total. The molecule has 8 aromatic rings. The second-order valence-electron chi connectivity index (χ2n) is 13.6. The minimum absolute atomic E-state index is 0.0925. The van der Waals surface area contributed by atoms with Gasteiger partial charge in [-0.05, 0) is 83.9 Å². The van der Waals surface area contributed by atoms with Crippen LogP contribution in [0.15, 0.2) is 231 Å². The SMILES string of the molecule is NC(c1ccccc1)C(N)c1ccccc1.O=C(c1ccccc1[PH+](c1ccccc1)c1ccccc1)c1ccccc1[PH+](c1ccccc1)c1ccccc1.[Cl][Ru+2][Cl]. The van der Waals surface area contributed by atoms with Gasteiger partial charge in [0, 0.05) is 12.1 Å². The van der Waals surface area contributed by atoms with Crippen molar-refractivity contribution >= 4 is 72.8 Å². The molecule has 0 amide bonds. The van der Waals surface area contributed by atoms with E-state index < -0.39 is 15.8 Å². The Balaban J connectivity index is 0.000000256. The number of ketones is 1. The number of halogens is 2. The summed E-state index contributed by atoms with van der Waals surface area (Å²) in [4.78, 5) is 14.7. The van der Waals surface area contributed by atoms with Gasteiger partial charge in [0.05, 0.1) is 27.0 Å². The maximum atomic E-state index is 14.7. The monoisotopic (exact) mass is 936 g/mol. The molecule has 0 aliphatic rings. The topological polar surface area (TPSA) is 69.1 Å². The van der Waals surface area contributed by atoms with Gasteiger partial charge in [-0.15, -0.1) is 0 Å². The molecule has 0 aromatic heterocycles. The van der Waals surface area contributed by atoms with Crippen LogP contribution in [-0.2, 0) is 15.1 Å². The predicted molar refractivity (Wildman–Crippen MR) is 255 cm³/mol. The van der Waals surface area contributed by atoms with Gasteiger partial charge >= 0.3 is 34.5 Å². The first-order valence-corrected chi connectivity index (χ1v) is 26.6. The van der Waals surface area contributed by atoms with Crippen molar-refractivity contribution in [2.24, 2.45) is 11.5 Å². The van der Waals surface area contributed by atoms with E-state index in [2.05, 4.69) is 146 Å². The normalized spacial score (nSPS) is 11.7. The van der Waals surface area contributed by atoms with Crippen LogP contribution in [0.25, 0.3) is 0 Å². The molecule has 0 spiro atoms. The van der Waals surface area contributed by atoms with Gasteiger partial charge in [-0.3, -0.25) is 4.79 Å². The molecular weight excluding hydrogens is 890 g/mol. The Kier molecular flexibility index (Phi) is 17.3. The van der Waals surface area contributed by atoms with Crippen molar-refractivity contribution in [1.29, 1.82) is 0 Å². The van der Waals surface area contributed by atoms with Gasteiger partial charge < -0.3 is 11.5 Å². The predicted octanol–water partition coefficient (Wildman–Crippen LogP) is 9.66. The molecule has 2 unspecified atom stereocenters. The molecule has 0 bridgehead atoms. The average Bonchev–Trinajstić information content (AvgIpc) is 3.31. The number of benzene rings is 8. The molecular formula is C51H46Cl2N2OP2Ru+4. The molecule has 294 valence electrons. The number of hydrogen-bond donors (Lipinski definition) is 2. The van der Waals surface area contributed by atoms with E-state index in [-0.39, 0.29) is 33.0 Å². The quantitative estimate of drug-likeness (QED) is 0.0772. The Bertz CT molecular complexity index is 2200. The van der Waals surface area contributed by atoms with Gasteiger partial charge in [0.1, 0.15) is 31.8 Å². The van der Waals surface area contributed by atoms with E-state index in [1.54, 1.807) is 0 Å². The molecule has 0 aliphatic carbocycles. The molecule has 2 atom stereocenters. The number of nitrogens with two attached hydrogens (primary N) is 2. The Morgan fingerprint density at radius 2 is 0.593 bits per heavy atom. The fraction of sp³-hybridized carbons (Fsp3) is 0.0392. The first kappa shape index (κ1) is 44.0. The Hall–Kier alpha value is -4.59. The first-order valence-electron chi connectivity index (χ1n) is 19.2. The van der Waals surface area contributed by atoms with Gasteiger partial charge in [-0.2, -0.15) is 0 Å². The second-order valence-corrected chi connectivity index (χ2v) is 21.1. The van der Waals surface area contributed by atoms with Crippen LogP contribution in [0.5, 0.6) is 0 Å². The number of carbonyl (C=O) groups excluding carboxylic acids is 1. The zero-order valence-electron chi connectivity index (χ0n) is 32.3. The zero-order chi connectivity index (χ0) is 41.2. The molecule has 8 rings (SSSR count). The Morgan fingerprint density at radius 3 is 0.864 bits per heavy atom. The van der Waals surface area contributed by atoms with E-state index >= 15 is 0 Å². The van der Waals surface area contributed by atoms with Gasteiger partial charge in [0.15, 0.2) is 0 Å². The summed E-state index contributed by atoms with van der Waals surface area (Å²) < 4.78 is 0. The minimum atomic E-state index is -1.41. The van der Waals surface area contributed by atoms with E-state index in [1.807, 2.05) is 84.9 Å². The molecule has 0 saturated carbocycles. The van der Waals surface area contributed by atoms with Crippen molar-refractivity contribution in [3.05, 3.63) is 253 Å². The fourth-order valence-corrected chi connectivity index (χ4v) is 12.6. The summed E-state index contributed by atoms with van der Waals surface area (Å²) in [5.41, 5.74) is 16.0. The second kappa shape index (κ2) is 23.3. The summed E-state index contributed by atoms with van der Waals surface area (Å²) in [6.07, 6.45) is 0. The van der Waals surface area contributed by atoms with Crippen molar-refractivity contribution in [2.75, 3.05) is 0 Å². The molecule has 8 heteroatoms. The summed E-state index contributed by atoms with van der Waals surface area (Å²) in [7, 11) is 6.89. The number of rotatable bonds is 11. The van der Waals surface area contributed by atoms with E-state index in [9.17, 15) is 4.79 Å². The first-order chi connectivity index (χ1) is 29.0. The molecule has 0 aliphatic heterocycles. The third-order valence-corrected chi connectivity index (χ3v) is 15.5. The van der Waals surface area contributed by atoms with Crippen molar-refractivity contribution in [1.82, 2.24) is 0 Å². The standard InChI is InChI=1S/C37H28OP2.C14H16N2.2ClH.Ru/c38-37(33-25-13-15-27-35(33)39(29-17-5-1-6-18-29)30-19-7-2-8-20-30)34-26-14-16-28-36(34)40(31-21-9-3-10-22-31)32-23-11-4-12-24-32;15-13(11-7-3-1-4-8-11)14(16)12-9-5-2-6-10-12;;;/h1-28H;1-10,13-14H,15-16H2;2*1H;/q;;;;+4. The maximum absolute atomic E-state index is 14.7. The van der Waals surface area contributed by atoms with Gasteiger partial charge in [-0.1, -0.05) is 158 Å². The van der Waals surface area contributed by atoms with Crippen molar-refractivity contribution < 1.29 is 19.9 Å². The van der Waals surface area contributed by atoms with Crippen molar-refractivity contribution in [3.63, 3.8) is 0 Å². The third kappa shape index (κ3) is 11.8. The summed E-state index contributed by atoms with van der Waals surface area (Å²) in [5, 5.41) is 7.32. The van der Waals surface area contributed by atoms with Crippen LogP contribution in [0, 0.1) is 0 Å². The van der Waals surface area contributed by atoms with Crippen LogP contribution in [-0.4, -0.2) is 5.78 Å². The molecule has 8 aromatic carbocycles. The van der Waals surface area contributed by atoms with E-state index in [4.69, 9.17) is 30.8 Å². The molecule has 59 heavy (non-hydrogen) atoms. The van der Waals surface area contributed by atoms with Gasteiger partial charge in [0.25, 0.3) is 0 Å². The van der Waals surface area contributed by atoms with Crippen molar-refractivity contribution in [2.45, 2.75) is 12.1 Å². The molecule has 3 nitrogen and oxygen atoms in total. The van der Waals surface area contributed by atoms with Crippen LogP contribution < -0.4 is 43.3 Å². The van der Waals surface area contributed by atoms with E-state index in [0.29, 0.717) is 0 Å². The number of hydrogen-bond acceptors (Lipinski definition) is 3. The Labute approximate surface area is 366 Å². The van der Waals surface area contributed by atoms with Gasteiger partial charge in [-0.25, -0.2) is 0 Å². The van der Waals surface area contributed by atoms with Crippen LogP contribution in [0.1, 0.15) is 39.1 Å². The summed E-state index contributed by atoms with van der Waals surface area (Å²) in [6.45, 7) is 0. The fourth-order valence-electron chi connectivity index (χ4n) is 7.08. The summed E-state index contributed by atoms with van der Waals surface area (Å²) in [6, 6.07) is 78.6. The van der Waals surface area contributed by atoms with Gasteiger partial charge in [0.2, 0.25) is 5.78 Å². The molecule has 0 heterocycles. The van der Waals surface area contributed by atoms with E-state index in [1.165, 1.54) is 21.2 Å². The molecule has 0 saturated heterocycles. The van der Waals surface area contributed by atoms with Crippen LogP contribution in [0.3, 0.4) is 0 Å².